The molecular formula is C4H6O4S2. The normalized spacial score (nSPS) is 8.80. The first kappa shape index (κ1) is 9.64. The minimum Gasteiger partial charge on any atom is -0.481 e. The molecule has 0 radical (unpaired) electrons. The summed E-state index contributed by atoms with van der Waals surface area (Å²) in [4.78, 5) is 19.4. The Kier molecular flexibility index (Phi) is 6.51. The molecule has 0 bridgehead atoms. The average molecular weight is 182 g/mol. The van der Waals surface area contributed by atoms with Crippen LogP contribution in [0.5, 0.6) is 0 Å². The Morgan fingerprint density at radius 1 is 1.60 bits per heavy atom. The van der Waals surface area contributed by atoms with E-state index >= 15 is 0 Å². The summed E-state index contributed by atoms with van der Waals surface area (Å²) in [7, 11) is 2.32. The second kappa shape index (κ2) is 6.76. The number of hydrogen-bond acceptors (Lipinski definition) is 5. The highest BCUT2D eigenvalue weighted by atomic mass is 33.1. The topological polar surface area (TPSA) is 63.6 Å². The Labute approximate surface area is 65.7 Å². The van der Waals surface area contributed by atoms with Gasteiger partial charge in [0, 0.05) is 0 Å². The zero-order valence-corrected chi connectivity index (χ0v) is 6.61. The molecule has 0 aromatic rings. The van der Waals surface area contributed by atoms with E-state index in [1.54, 1.807) is 0 Å². The Morgan fingerprint density at radius 2 is 2.30 bits per heavy atom. The van der Waals surface area contributed by atoms with Gasteiger partial charge in [0.1, 0.15) is 11.7 Å². The lowest BCUT2D eigenvalue weighted by molar-refractivity contribution is -0.134. The monoisotopic (exact) mass is 182 g/mol. The molecule has 58 valence electrons. The number of aliphatic carboxylic acids is 1. The van der Waals surface area contributed by atoms with Crippen molar-refractivity contribution in [3.05, 3.63) is 0 Å². The molecule has 0 saturated carbocycles. The zero-order chi connectivity index (χ0) is 7.82. The van der Waals surface area contributed by atoms with Crippen LogP contribution in [0.4, 0.5) is 0 Å². The molecule has 0 unspecified atom stereocenters. The van der Waals surface area contributed by atoms with E-state index in [1.807, 2.05) is 0 Å². The summed E-state index contributed by atoms with van der Waals surface area (Å²) in [5.74, 6) is -0.655. The third kappa shape index (κ3) is 7.64. The highest BCUT2D eigenvalue weighted by Crippen LogP contribution is 2.19. The van der Waals surface area contributed by atoms with Gasteiger partial charge in [0.05, 0.1) is 0 Å². The van der Waals surface area contributed by atoms with Gasteiger partial charge >= 0.3 is 5.97 Å². The molecule has 0 heterocycles. The van der Waals surface area contributed by atoms with E-state index < -0.39 is 5.97 Å². The molecule has 0 aromatic carbocycles. The first-order valence-corrected chi connectivity index (χ1v) is 4.77. The number of ether oxygens (including phenoxy) is 1. The molecular weight excluding hydrogens is 176 g/mol. The molecule has 0 saturated heterocycles. The zero-order valence-electron chi connectivity index (χ0n) is 4.98. The first-order valence-electron chi connectivity index (χ1n) is 2.29. The number of carboxylic acid groups (broad SMARTS) is 1. The van der Waals surface area contributed by atoms with Crippen molar-refractivity contribution in [3.8, 4) is 0 Å². The fourth-order valence-electron chi connectivity index (χ4n) is 0.182. The van der Waals surface area contributed by atoms with Crippen molar-refractivity contribution in [2.45, 2.75) is 0 Å². The van der Waals surface area contributed by atoms with Crippen molar-refractivity contribution in [1.29, 1.82) is 0 Å². The molecule has 0 aliphatic heterocycles. The fourth-order valence-corrected chi connectivity index (χ4v) is 1.47. The lowest BCUT2D eigenvalue weighted by Gasteiger charge is -1.94. The summed E-state index contributed by atoms with van der Waals surface area (Å²) in [5, 5.41) is 8.13. The molecule has 0 amide bonds. The molecule has 0 spiro atoms. The predicted molar refractivity (Wildman–Crippen MR) is 39.7 cm³/mol. The van der Waals surface area contributed by atoms with E-state index in [0.29, 0.717) is 6.47 Å². The van der Waals surface area contributed by atoms with Gasteiger partial charge in [-0.25, -0.2) is 0 Å². The lowest BCUT2D eigenvalue weighted by atomic mass is 10.8. The second-order valence-electron chi connectivity index (χ2n) is 1.15. The van der Waals surface area contributed by atoms with Crippen LogP contribution < -0.4 is 0 Å². The standard InChI is InChI=1S/C4H6O4S2/c5-2-8-3-10-9-1-4(6)7/h2H,1,3H2,(H,6,7). The highest BCUT2D eigenvalue weighted by Gasteiger charge is 1.95. The van der Waals surface area contributed by atoms with Crippen molar-refractivity contribution in [1.82, 2.24) is 0 Å². The van der Waals surface area contributed by atoms with Gasteiger partial charge in [0.15, 0.2) is 0 Å². The van der Waals surface area contributed by atoms with E-state index in [0.717, 1.165) is 10.8 Å². The van der Waals surface area contributed by atoms with Crippen LogP contribution in [0.2, 0.25) is 0 Å². The average Bonchev–Trinajstić information content (AvgIpc) is 1.87. The largest absolute Gasteiger partial charge is 0.481 e. The van der Waals surface area contributed by atoms with Gasteiger partial charge in [0.25, 0.3) is 6.47 Å². The minimum absolute atomic E-state index is 0.0207. The quantitative estimate of drug-likeness (QED) is 0.280. The van der Waals surface area contributed by atoms with E-state index in [9.17, 15) is 9.59 Å². The number of carbonyl (C=O) groups excluding carboxylic acids is 1. The SMILES string of the molecule is O=COCSSCC(=O)O. The Morgan fingerprint density at radius 3 is 2.80 bits per heavy atom. The maximum absolute atomic E-state index is 9.89. The van der Waals surface area contributed by atoms with E-state index in [2.05, 4.69) is 4.74 Å². The third-order valence-corrected chi connectivity index (χ3v) is 2.36. The molecule has 0 fully saturated rings. The summed E-state index contributed by atoms with van der Waals surface area (Å²) in [6.07, 6.45) is 0. The summed E-state index contributed by atoms with van der Waals surface area (Å²) >= 11 is 0. The van der Waals surface area contributed by atoms with Gasteiger partial charge < -0.3 is 9.84 Å². The molecule has 0 aromatic heterocycles. The molecule has 4 nitrogen and oxygen atoms in total. The van der Waals surface area contributed by atoms with Crippen LogP contribution in [-0.2, 0) is 14.3 Å². The van der Waals surface area contributed by atoms with Crippen LogP contribution in [0, 0.1) is 0 Å². The van der Waals surface area contributed by atoms with Crippen LogP contribution in [0.25, 0.3) is 0 Å². The number of carboxylic acids is 1. The van der Waals surface area contributed by atoms with E-state index in [-0.39, 0.29) is 11.7 Å². The third-order valence-electron chi connectivity index (χ3n) is 0.450. The summed E-state index contributed by atoms with van der Waals surface area (Å²) in [5.41, 5.74) is 0. The smallest absolute Gasteiger partial charge is 0.314 e. The van der Waals surface area contributed by atoms with Gasteiger partial charge in [-0.05, 0) is 0 Å². The van der Waals surface area contributed by atoms with E-state index in [1.165, 1.54) is 10.8 Å². The van der Waals surface area contributed by atoms with Crippen LogP contribution in [0.3, 0.4) is 0 Å². The first-order chi connectivity index (χ1) is 4.77. The minimum atomic E-state index is -0.872. The van der Waals surface area contributed by atoms with Crippen LogP contribution in [-0.4, -0.2) is 29.2 Å². The predicted octanol–water partition coefficient (Wildman–Crippen LogP) is 0.583. The van der Waals surface area contributed by atoms with Crippen LogP contribution in [0.1, 0.15) is 0 Å². The summed E-state index contributed by atoms with van der Waals surface area (Å²) in [6.45, 7) is 0.328. The Bertz CT molecular complexity index is 116. The number of rotatable bonds is 6. The fraction of sp³-hybridized carbons (Fsp3) is 0.500. The van der Waals surface area contributed by atoms with E-state index in [4.69, 9.17) is 5.11 Å². The van der Waals surface area contributed by atoms with Crippen molar-refractivity contribution < 1.29 is 19.4 Å². The second-order valence-corrected chi connectivity index (χ2v) is 3.56. The van der Waals surface area contributed by atoms with Crippen molar-refractivity contribution in [3.63, 3.8) is 0 Å². The lowest BCUT2D eigenvalue weighted by Crippen LogP contribution is -1.96. The van der Waals surface area contributed by atoms with Gasteiger partial charge in [-0.2, -0.15) is 0 Å². The van der Waals surface area contributed by atoms with Crippen LogP contribution >= 0.6 is 21.6 Å². The number of hydrogen-bond donors (Lipinski definition) is 1. The van der Waals surface area contributed by atoms with Gasteiger partial charge in [-0.3, -0.25) is 9.59 Å². The molecule has 0 aliphatic rings. The van der Waals surface area contributed by atoms with Crippen LogP contribution in [0.15, 0.2) is 0 Å². The Balaban J connectivity index is 2.90. The molecule has 0 atom stereocenters. The highest BCUT2D eigenvalue weighted by molar-refractivity contribution is 8.76. The van der Waals surface area contributed by atoms with Crippen molar-refractivity contribution in [2.24, 2.45) is 0 Å². The molecule has 0 aliphatic carbocycles. The summed E-state index contributed by atoms with van der Waals surface area (Å²) in [6, 6.07) is 0. The summed E-state index contributed by atoms with van der Waals surface area (Å²) < 4.78 is 4.28. The maximum atomic E-state index is 9.89. The molecule has 0 rings (SSSR count). The van der Waals surface area contributed by atoms with Crippen molar-refractivity contribution in [2.75, 3.05) is 11.7 Å². The van der Waals surface area contributed by atoms with Gasteiger partial charge in [0.2, 0.25) is 0 Å². The van der Waals surface area contributed by atoms with Crippen molar-refractivity contribution >= 4 is 34.0 Å². The maximum Gasteiger partial charge on any atom is 0.314 e. The molecule has 1 N–H and O–H groups in total. The number of carbonyl (C=O) groups is 2. The van der Waals surface area contributed by atoms with Gasteiger partial charge in [-0.15, -0.1) is 0 Å². The molecule has 6 heteroatoms. The van der Waals surface area contributed by atoms with Gasteiger partial charge in [-0.1, -0.05) is 21.6 Å². The molecule has 10 heavy (non-hydrogen) atoms. The Hall–Kier alpha value is -0.360.